The fraction of sp³-hybridized carbons (Fsp3) is 0.867. The molecule has 0 aliphatic carbocycles. The highest BCUT2D eigenvalue weighted by molar-refractivity contribution is 4.92. The predicted octanol–water partition coefficient (Wildman–Crippen LogP) is 1.02. The minimum Gasteiger partial charge on any atom is -0.388 e. The highest BCUT2D eigenvalue weighted by atomic mass is 16.3. The molecule has 3 heteroatoms. The molecule has 3 N–H and O–H groups in total. The third-order valence-electron chi connectivity index (χ3n) is 3.02. The van der Waals surface area contributed by atoms with Crippen LogP contribution in [0.5, 0.6) is 0 Å². The molecule has 0 amide bonds. The van der Waals surface area contributed by atoms with Crippen LogP contribution in [0.3, 0.4) is 0 Å². The minimum absolute atomic E-state index is 0.302. The summed E-state index contributed by atoms with van der Waals surface area (Å²) < 4.78 is 0. The van der Waals surface area contributed by atoms with E-state index in [9.17, 15) is 10.2 Å². The lowest BCUT2D eigenvalue weighted by atomic mass is 10.0. The molecular formula is C15H32NO2+. The summed E-state index contributed by atoms with van der Waals surface area (Å²) in [7, 11) is 0. The van der Waals surface area contributed by atoms with Gasteiger partial charge in [-0.25, -0.2) is 0 Å². The summed E-state index contributed by atoms with van der Waals surface area (Å²) >= 11 is 0. The summed E-state index contributed by atoms with van der Waals surface area (Å²) in [6, 6.07) is 0. The smallest absolute Gasteiger partial charge is 0.103 e. The Morgan fingerprint density at radius 3 is 1.89 bits per heavy atom. The summed E-state index contributed by atoms with van der Waals surface area (Å²) in [5.41, 5.74) is 1.37. The van der Waals surface area contributed by atoms with Crippen LogP contribution in [0, 0.1) is 5.92 Å². The van der Waals surface area contributed by atoms with E-state index >= 15 is 0 Å². The van der Waals surface area contributed by atoms with Crippen molar-refractivity contribution in [1.82, 2.24) is 0 Å². The molecule has 0 bridgehead atoms. The van der Waals surface area contributed by atoms with Gasteiger partial charge in [0.2, 0.25) is 0 Å². The summed E-state index contributed by atoms with van der Waals surface area (Å²) in [5, 5.41) is 19.0. The van der Waals surface area contributed by atoms with Crippen molar-refractivity contribution in [2.45, 2.75) is 59.7 Å². The number of allylic oxidation sites excluding steroid dienone is 2. The van der Waals surface area contributed by atoms with Crippen molar-refractivity contribution in [2.24, 2.45) is 5.92 Å². The van der Waals surface area contributed by atoms with Gasteiger partial charge in [-0.3, -0.25) is 0 Å². The van der Waals surface area contributed by atoms with Crippen molar-refractivity contribution in [1.29, 1.82) is 0 Å². The quantitative estimate of drug-likeness (QED) is 0.541. The number of hydrogen-bond acceptors (Lipinski definition) is 2. The Kier molecular flexibility index (Phi) is 9.34. The summed E-state index contributed by atoms with van der Waals surface area (Å²) in [4.78, 5) is 1.30. The topological polar surface area (TPSA) is 44.9 Å². The molecule has 0 saturated carbocycles. The van der Waals surface area contributed by atoms with E-state index < -0.39 is 0 Å². The molecule has 0 aliphatic rings. The first-order chi connectivity index (χ1) is 8.31. The van der Waals surface area contributed by atoms with E-state index in [0.29, 0.717) is 5.92 Å². The molecule has 0 fully saturated rings. The standard InChI is InChI=1S/C15H31NO2/c1-12(2)7-6-8-13(3)9-16(10-14(4)17)11-15(5)18/h7,13-15,17-18H,6,8-11H2,1-5H3/p+1/t13-,14-,15-/m0/s1. The molecule has 0 rings (SSSR count). The van der Waals surface area contributed by atoms with Gasteiger partial charge in [0, 0.05) is 5.92 Å². The normalized spacial score (nSPS) is 16.4. The first kappa shape index (κ1) is 17.6. The average Bonchev–Trinajstić information content (AvgIpc) is 2.13. The number of quaternary nitrogens is 1. The largest absolute Gasteiger partial charge is 0.388 e. The molecule has 0 heterocycles. The molecule has 0 aromatic carbocycles. The van der Waals surface area contributed by atoms with Crippen LogP contribution in [0.25, 0.3) is 0 Å². The zero-order valence-corrected chi connectivity index (χ0v) is 12.7. The number of hydrogen-bond donors (Lipinski definition) is 3. The van der Waals surface area contributed by atoms with E-state index in [2.05, 4.69) is 26.8 Å². The van der Waals surface area contributed by atoms with Crippen molar-refractivity contribution in [2.75, 3.05) is 19.6 Å². The molecule has 3 atom stereocenters. The Hall–Kier alpha value is -0.380. The highest BCUT2D eigenvalue weighted by Crippen LogP contribution is 2.05. The Morgan fingerprint density at radius 2 is 1.50 bits per heavy atom. The van der Waals surface area contributed by atoms with E-state index in [-0.39, 0.29) is 12.2 Å². The van der Waals surface area contributed by atoms with Gasteiger partial charge >= 0.3 is 0 Å². The highest BCUT2D eigenvalue weighted by Gasteiger charge is 2.17. The van der Waals surface area contributed by atoms with Crippen LogP contribution in [-0.2, 0) is 0 Å². The zero-order valence-electron chi connectivity index (χ0n) is 12.7. The van der Waals surface area contributed by atoms with E-state index in [1.165, 1.54) is 16.9 Å². The first-order valence-electron chi connectivity index (χ1n) is 7.14. The second-order valence-electron chi connectivity index (χ2n) is 6.02. The van der Waals surface area contributed by atoms with Crippen LogP contribution in [0.4, 0.5) is 0 Å². The molecule has 108 valence electrons. The van der Waals surface area contributed by atoms with Crippen molar-refractivity contribution < 1.29 is 15.1 Å². The van der Waals surface area contributed by atoms with Gasteiger partial charge in [0.05, 0.1) is 6.54 Å². The van der Waals surface area contributed by atoms with E-state index in [1.54, 1.807) is 0 Å². The van der Waals surface area contributed by atoms with Gasteiger partial charge in [-0.15, -0.1) is 0 Å². The van der Waals surface area contributed by atoms with E-state index in [0.717, 1.165) is 26.1 Å². The minimum atomic E-state index is -0.302. The monoisotopic (exact) mass is 258 g/mol. The lowest BCUT2D eigenvalue weighted by molar-refractivity contribution is -0.909. The Labute approximate surface area is 113 Å². The van der Waals surface area contributed by atoms with Gasteiger partial charge in [-0.2, -0.15) is 0 Å². The molecule has 0 aromatic heterocycles. The van der Waals surface area contributed by atoms with Gasteiger partial charge < -0.3 is 15.1 Å². The van der Waals surface area contributed by atoms with Crippen molar-refractivity contribution >= 4 is 0 Å². The third-order valence-corrected chi connectivity index (χ3v) is 3.02. The SMILES string of the molecule is CC(C)=CCC[C@H](C)C[NH+](C[C@H](C)O)C[C@H](C)O. The lowest BCUT2D eigenvalue weighted by Crippen LogP contribution is -3.14. The number of nitrogens with one attached hydrogen (secondary N) is 1. The Morgan fingerprint density at radius 1 is 1.00 bits per heavy atom. The number of rotatable bonds is 9. The fourth-order valence-electron chi connectivity index (χ4n) is 2.34. The Bertz CT molecular complexity index is 223. The van der Waals surface area contributed by atoms with Crippen molar-refractivity contribution in [3.05, 3.63) is 11.6 Å². The van der Waals surface area contributed by atoms with Crippen LogP contribution in [0.15, 0.2) is 11.6 Å². The van der Waals surface area contributed by atoms with Crippen LogP contribution in [0.2, 0.25) is 0 Å². The third kappa shape index (κ3) is 10.8. The van der Waals surface area contributed by atoms with Crippen LogP contribution >= 0.6 is 0 Å². The van der Waals surface area contributed by atoms with E-state index in [4.69, 9.17) is 0 Å². The summed E-state index contributed by atoms with van der Waals surface area (Å²) in [5.74, 6) is 0.619. The maximum absolute atomic E-state index is 9.49. The molecule has 0 unspecified atom stereocenters. The van der Waals surface area contributed by atoms with Crippen molar-refractivity contribution in [3.63, 3.8) is 0 Å². The van der Waals surface area contributed by atoms with Gasteiger partial charge in [-0.05, 0) is 40.5 Å². The molecule has 0 spiro atoms. The van der Waals surface area contributed by atoms with Gasteiger partial charge in [0.25, 0.3) is 0 Å². The fourth-order valence-corrected chi connectivity index (χ4v) is 2.34. The summed E-state index contributed by atoms with van der Waals surface area (Å²) in [6.45, 7) is 12.6. The number of aliphatic hydroxyl groups is 2. The van der Waals surface area contributed by atoms with Crippen LogP contribution < -0.4 is 4.90 Å². The molecule has 3 nitrogen and oxygen atoms in total. The lowest BCUT2D eigenvalue weighted by Gasteiger charge is -2.25. The predicted molar refractivity (Wildman–Crippen MR) is 76.8 cm³/mol. The molecule has 0 saturated heterocycles. The molecule has 0 aliphatic heterocycles. The first-order valence-corrected chi connectivity index (χ1v) is 7.14. The molecule has 18 heavy (non-hydrogen) atoms. The maximum atomic E-state index is 9.49. The van der Waals surface area contributed by atoms with Gasteiger partial charge in [0.1, 0.15) is 25.3 Å². The van der Waals surface area contributed by atoms with Crippen LogP contribution in [0.1, 0.15) is 47.5 Å². The molecule has 0 radical (unpaired) electrons. The zero-order chi connectivity index (χ0) is 14.1. The maximum Gasteiger partial charge on any atom is 0.103 e. The second kappa shape index (κ2) is 9.54. The average molecular weight is 258 g/mol. The van der Waals surface area contributed by atoms with Crippen molar-refractivity contribution in [3.8, 4) is 0 Å². The van der Waals surface area contributed by atoms with Gasteiger partial charge in [0.15, 0.2) is 0 Å². The molecular weight excluding hydrogens is 226 g/mol. The van der Waals surface area contributed by atoms with Crippen LogP contribution in [-0.4, -0.2) is 42.1 Å². The van der Waals surface area contributed by atoms with E-state index in [1.807, 2.05) is 13.8 Å². The van der Waals surface area contributed by atoms with Gasteiger partial charge in [-0.1, -0.05) is 18.6 Å². The Balaban J connectivity index is 4.08. The second-order valence-corrected chi connectivity index (χ2v) is 6.02. The number of aliphatic hydroxyl groups excluding tert-OH is 2. The summed E-state index contributed by atoms with van der Waals surface area (Å²) in [6.07, 6.45) is 3.97. The molecule has 0 aromatic rings.